The van der Waals surface area contributed by atoms with Gasteiger partial charge >= 0.3 is 0 Å². The van der Waals surface area contributed by atoms with Crippen LogP contribution in [0.2, 0.25) is 0 Å². The number of imidazole rings is 1. The number of benzene rings is 18. The van der Waals surface area contributed by atoms with E-state index in [9.17, 15) is 0 Å². The first-order chi connectivity index (χ1) is 73.7. The van der Waals surface area contributed by atoms with E-state index in [1.54, 1.807) is 11.3 Å². The summed E-state index contributed by atoms with van der Waals surface area (Å²) < 4.78 is 10.5. The average Bonchev–Trinajstić information content (AvgIpc) is 1.77. The number of para-hydroxylation sites is 10. The van der Waals surface area contributed by atoms with E-state index in [4.69, 9.17) is 39.9 Å². The van der Waals surface area contributed by atoms with Crippen LogP contribution in [-0.4, -0.2) is 63.1 Å². The molecule has 0 unspecified atom stereocenters. The number of nitrogens with zero attached hydrogens (tertiary/aromatic N) is 13. The molecule has 0 bridgehead atoms. The summed E-state index contributed by atoms with van der Waals surface area (Å²) in [7, 11) is 0. The minimum Gasteiger partial charge on any atom is -0.309 e. The number of fused-ring (bicyclic) bond motifs is 20. The average molecular weight is 1940 g/mol. The zero-order valence-electron chi connectivity index (χ0n) is 83.2. The van der Waals surface area contributed by atoms with Crippen LogP contribution in [0.4, 0.5) is 0 Å². The molecule has 0 N–H and O–H groups in total. The van der Waals surface area contributed by atoms with Crippen molar-refractivity contribution in [1.29, 1.82) is 0 Å². The Morgan fingerprint density at radius 1 is 0.200 bits per heavy atom. The molecule has 0 amide bonds. The van der Waals surface area contributed by atoms with E-state index < -0.39 is 0 Å². The molecule has 0 atom stereocenters. The van der Waals surface area contributed by atoms with Crippen LogP contribution in [-0.2, 0) is 16.2 Å². The number of rotatable bonds is 13. The third-order valence-electron chi connectivity index (χ3n) is 30.8. The summed E-state index contributed by atoms with van der Waals surface area (Å²) in [5.41, 5.74) is 41.3. The minimum absolute atomic E-state index is 0.258. The lowest BCUT2D eigenvalue weighted by Gasteiger charge is -2.24. The first kappa shape index (κ1) is 88.8. The Bertz CT molecular complexity index is 10100. The summed E-state index contributed by atoms with van der Waals surface area (Å²) in [6.45, 7) is 13.8. The first-order valence-electron chi connectivity index (χ1n) is 51.1. The third kappa shape index (κ3) is 14.5. The fraction of sp³-hybridized carbons (Fsp3) is 0.0662. The molecule has 13 nitrogen and oxygen atoms in total. The van der Waals surface area contributed by atoms with Gasteiger partial charge in [-0.2, -0.15) is 0 Å². The fourth-order valence-corrected chi connectivity index (χ4v) is 24.7. The van der Waals surface area contributed by atoms with Crippen LogP contribution in [0.1, 0.15) is 74.9 Å². The second-order valence-electron chi connectivity index (χ2n) is 40.7. The Morgan fingerprint density at radius 3 is 0.940 bits per heavy atom. The second kappa shape index (κ2) is 35.2. The van der Waals surface area contributed by atoms with E-state index in [0.717, 1.165) is 157 Å². The van der Waals surface area contributed by atoms with Crippen molar-refractivity contribution < 1.29 is 0 Å². The first-order valence-corrected chi connectivity index (χ1v) is 51.9. The van der Waals surface area contributed by atoms with E-state index in [1.165, 1.54) is 115 Å². The molecular formula is C136H95N13S. The number of aromatic nitrogens is 13. The molecule has 9 heterocycles. The molecule has 0 saturated heterocycles. The largest absolute Gasteiger partial charge is 0.309 e. The second-order valence-corrected chi connectivity index (χ2v) is 41.7. The number of pyridine rings is 1. The maximum atomic E-state index is 5.48. The summed E-state index contributed by atoms with van der Waals surface area (Å²) in [4.78, 5) is 46.5. The zero-order valence-corrected chi connectivity index (χ0v) is 84.0. The predicted molar refractivity (Wildman–Crippen MR) is 616 cm³/mol. The molecule has 9 aromatic heterocycles. The highest BCUT2D eigenvalue weighted by Crippen LogP contribution is 2.57. The van der Waals surface area contributed by atoms with Crippen molar-refractivity contribution in [2.24, 2.45) is 0 Å². The molecule has 710 valence electrons. The van der Waals surface area contributed by atoms with E-state index in [1.807, 2.05) is 42.7 Å². The van der Waals surface area contributed by atoms with Gasteiger partial charge in [-0.1, -0.05) is 351 Å². The maximum Gasteiger partial charge on any atom is 0.160 e. The van der Waals surface area contributed by atoms with Gasteiger partial charge in [-0.05, 0) is 173 Å². The topological polar surface area (TPSA) is 136 Å². The van der Waals surface area contributed by atoms with Crippen LogP contribution in [0, 0.1) is 0 Å². The summed E-state index contributed by atoms with van der Waals surface area (Å²) in [5.74, 6) is 3.05. The number of hydrogen-bond donors (Lipinski definition) is 0. The molecule has 0 aliphatic heterocycles. The summed E-state index contributed by atoms with van der Waals surface area (Å²) in [5, 5.41) is 8.29. The molecule has 14 heteroatoms. The van der Waals surface area contributed by atoms with Crippen molar-refractivity contribution in [3.8, 4) is 158 Å². The van der Waals surface area contributed by atoms with Gasteiger partial charge in [0.2, 0.25) is 0 Å². The van der Waals surface area contributed by atoms with Crippen molar-refractivity contribution >= 4 is 98.0 Å². The van der Waals surface area contributed by atoms with Crippen LogP contribution in [0.5, 0.6) is 0 Å². The van der Waals surface area contributed by atoms with Crippen LogP contribution in [0.25, 0.3) is 244 Å². The van der Waals surface area contributed by atoms with Crippen LogP contribution < -0.4 is 0 Å². The van der Waals surface area contributed by atoms with Gasteiger partial charge in [-0.25, -0.2) is 39.9 Å². The monoisotopic (exact) mass is 1940 g/mol. The quantitative estimate of drug-likeness (QED) is 0.111. The Balaban J connectivity index is 0.000000109. The summed E-state index contributed by atoms with van der Waals surface area (Å²) in [6, 6.07) is 161. The van der Waals surface area contributed by atoms with Crippen molar-refractivity contribution in [3.63, 3.8) is 0 Å². The zero-order chi connectivity index (χ0) is 100. The fourth-order valence-electron chi connectivity index (χ4n) is 23.8. The molecule has 3 aliphatic carbocycles. The Labute approximate surface area is 870 Å². The molecular weight excluding hydrogens is 1850 g/mol. The number of thiazole rings is 1. The molecule has 30 rings (SSSR count). The van der Waals surface area contributed by atoms with Gasteiger partial charge < -0.3 is 13.7 Å². The molecule has 18 aromatic carbocycles. The van der Waals surface area contributed by atoms with Crippen molar-refractivity contribution in [2.45, 2.75) is 57.8 Å². The Kier molecular flexibility index (Phi) is 20.9. The SMILES string of the molecule is CC1(C)c2ccccc2-c2nc(-c3ccc(-c4nc5ccccc5n4-c4ccccc4)cc3)nc(-c3ccc4c(c3)c3ccccc3n4-c3ccccc3)c21.CC1(C)c2ccccc2-c2nc(-c3ccc(-c4nc5ccccc5s4)cc3)nc(-c3ccc4c(c3)c3ccccc3n4-c3ccccc3)c21.CC1(C)c2ccccc2-c2nc(-c3cccc(-c4ccncc4)c3)nc(-c3ccc4c(c3)c3ccccc3n4-c3ccccc3)c21. The number of hydrogen-bond acceptors (Lipinski definition) is 10. The van der Waals surface area contributed by atoms with Gasteiger partial charge in [-0.15, -0.1) is 11.3 Å². The van der Waals surface area contributed by atoms with E-state index >= 15 is 0 Å². The summed E-state index contributed by atoms with van der Waals surface area (Å²) >= 11 is 1.72. The van der Waals surface area contributed by atoms with Crippen molar-refractivity contribution in [2.75, 3.05) is 0 Å². The van der Waals surface area contributed by atoms with Crippen molar-refractivity contribution in [3.05, 3.63) is 501 Å². The molecule has 27 aromatic rings. The highest BCUT2D eigenvalue weighted by atomic mass is 32.1. The Morgan fingerprint density at radius 2 is 0.520 bits per heavy atom. The van der Waals surface area contributed by atoms with Crippen molar-refractivity contribution in [1.82, 2.24) is 63.1 Å². The van der Waals surface area contributed by atoms with Gasteiger partial charge in [0.05, 0.1) is 88.5 Å². The Hall–Kier alpha value is -18.9. The molecule has 0 saturated carbocycles. The lowest BCUT2D eigenvalue weighted by atomic mass is 9.80. The van der Waals surface area contributed by atoms with Gasteiger partial charge in [0, 0.05) is 162 Å². The lowest BCUT2D eigenvalue weighted by Crippen LogP contribution is -2.17. The van der Waals surface area contributed by atoms with Crippen LogP contribution in [0.3, 0.4) is 0 Å². The maximum absolute atomic E-state index is 5.48. The van der Waals surface area contributed by atoms with E-state index in [2.05, 4.69) is 489 Å². The third-order valence-corrected chi connectivity index (χ3v) is 31.9. The van der Waals surface area contributed by atoms with Gasteiger partial charge in [0.25, 0.3) is 0 Å². The van der Waals surface area contributed by atoms with Crippen LogP contribution in [0.15, 0.2) is 467 Å². The minimum atomic E-state index is -0.285. The predicted octanol–water partition coefficient (Wildman–Crippen LogP) is 34.0. The molecule has 0 fully saturated rings. The van der Waals surface area contributed by atoms with Crippen LogP contribution >= 0.6 is 11.3 Å². The van der Waals surface area contributed by atoms with Gasteiger partial charge in [0.1, 0.15) is 10.8 Å². The van der Waals surface area contributed by atoms with E-state index in [-0.39, 0.29) is 16.2 Å². The molecule has 150 heavy (non-hydrogen) atoms. The summed E-state index contributed by atoms with van der Waals surface area (Å²) in [6.07, 6.45) is 3.66. The standard InChI is InChI=1S/C50H35N5.C44H30N4S.C42H30N4/c1-50(2)40-21-11-9-20-38(40)47-45(50)46(34-29-30-43-39(31-34)37-19-10-13-23-42(37)54(43)35-15-5-3-6-16-35)52-48(53-47)32-25-27-33(28-26-32)49-51-41-22-12-14-24-44(41)55(49)36-17-7-4-8-18-36;1-44(2)34-16-8-6-15-32(34)41-39(44)40(46-42(47-41)27-20-22-28(23-21-27)43-45-35-17-9-11-19-38(35)49-43)29-24-25-37-33(26-29)31-14-7-10-18-36(31)48(37)30-12-4-3-5-13-30;1-42(2)35-17-8-6-16-33(35)40-38(42)39(44-41(45-40)30-12-10-11-28(25-30)27-21-23-43-24-22-27)29-19-20-37-34(26-29)32-15-7-9-18-36(32)46(37)31-13-4-3-5-14-31/h3-31H,1-2H3;3-26H,1-2H3;3-26H,1-2H3. The normalized spacial score (nSPS) is 13.2. The molecule has 0 radical (unpaired) electrons. The highest BCUT2D eigenvalue weighted by Gasteiger charge is 2.44. The van der Waals surface area contributed by atoms with Gasteiger partial charge in [-0.3, -0.25) is 9.55 Å². The smallest absolute Gasteiger partial charge is 0.160 e. The van der Waals surface area contributed by atoms with Gasteiger partial charge in [0.15, 0.2) is 17.5 Å². The highest BCUT2D eigenvalue weighted by molar-refractivity contribution is 7.21. The molecule has 3 aliphatic rings. The lowest BCUT2D eigenvalue weighted by molar-refractivity contribution is 0.657. The van der Waals surface area contributed by atoms with E-state index in [0.29, 0.717) is 5.82 Å². The molecule has 0 spiro atoms.